The van der Waals surface area contributed by atoms with E-state index < -0.39 is 0 Å². The Morgan fingerprint density at radius 3 is 2.77 bits per heavy atom. The average molecular weight is 306 g/mol. The van der Waals surface area contributed by atoms with Gasteiger partial charge in [0.1, 0.15) is 16.6 Å². The zero-order valence-electron chi connectivity index (χ0n) is 12.3. The molecule has 0 unspecified atom stereocenters. The van der Waals surface area contributed by atoms with Crippen molar-refractivity contribution in [2.45, 2.75) is 13.8 Å². The number of para-hydroxylation sites is 1. The number of nitriles is 1. The molecule has 0 bridgehead atoms. The van der Waals surface area contributed by atoms with Gasteiger partial charge in [0.2, 0.25) is 0 Å². The van der Waals surface area contributed by atoms with Crippen molar-refractivity contribution < 1.29 is 0 Å². The number of nitrogens with zero attached hydrogens (tertiary/aromatic N) is 3. The first-order valence-corrected chi connectivity index (χ1v) is 7.71. The van der Waals surface area contributed by atoms with Gasteiger partial charge in [0, 0.05) is 34.0 Å². The standard InChI is InChI=1S/C17H14N4S/c1-11-7-16(14-5-3-4-6-15(14)20-11)19-9-13(8-18)17-21-12(2)10-22-17/h3-7,9-10H,1-2H3,(H,19,20)/b13-9+. The van der Waals surface area contributed by atoms with Gasteiger partial charge in [-0.3, -0.25) is 4.98 Å². The number of rotatable bonds is 3. The Kier molecular flexibility index (Phi) is 3.86. The fourth-order valence-corrected chi connectivity index (χ4v) is 2.96. The molecule has 2 aromatic heterocycles. The van der Waals surface area contributed by atoms with Crippen molar-refractivity contribution in [2.75, 3.05) is 5.32 Å². The predicted octanol–water partition coefficient (Wildman–Crippen LogP) is 4.28. The third-order valence-electron chi connectivity index (χ3n) is 3.19. The lowest BCUT2D eigenvalue weighted by Gasteiger charge is -2.07. The fraction of sp³-hybridized carbons (Fsp3) is 0.118. The van der Waals surface area contributed by atoms with Crippen LogP contribution in [0, 0.1) is 25.2 Å². The lowest BCUT2D eigenvalue weighted by molar-refractivity contribution is 1.24. The molecule has 108 valence electrons. The molecule has 0 amide bonds. The van der Waals surface area contributed by atoms with Crippen LogP contribution in [-0.2, 0) is 0 Å². The van der Waals surface area contributed by atoms with E-state index in [1.165, 1.54) is 11.3 Å². The maximum Gasteiger partial charge on any atom is 0.135 e. The molecule has 0 aliphatic carbocycles. The molecule has 0 spiro atoms. The van der Waals surface area contributed by atoms with Gasteiger partial charge in [0.25, 0.3) is 0 Å². The number of fused-ring (bicyclic) bond motifs is 1. The van der Waals surface area contributed by atoms with Crippen LogP contribution in [0.3, 0.4) is 0 Å². The normalized spacial score (nSPS) is 11.4. The quantitative estimate of drug-likeness (QED) is 0.733. The van der Waals surface area contributed by atoms with Crippen molar-refractivity contribution in [3.63, 3.8) is 0 Å². The van der Waals surface area contributed by atoms with Gasteiger partial charge in [-0.25, -0.2) is 4.98 Å². The topological polar surface area (TPSA) is 61.6 Å². The van der Waals surface area contributed by atoms with Crippen molar-refractivity contribution in [3.8, 4) is 6.07 Å². The summed E-state index contributed by atoms with van der Waals surface area (Å²) in [7, 11) is 0. The largest absolute Gasteiger partial charge is 0.360 e. The molecule has 1 N–H and O–H groups in total. The van der Waals surface area contributed by atoms with Gasteiger partial charge in [-0.2, -0.15) is 5.26 Å². The zero-order valence-corrected chi connectivity index (χ0v) is 13.1. The summed E-state index contributed by atoms with van der Waals surface area (Å²) in [5, 5.41) is 16.2. The second-order valence-corrected chi connectivity index (χ2v) is 5.79. The number of aryl methyl sites for hydroxylation is 2. The number of benzene rings is 1. The van der Waals surface area contributed by atoms with Crippen LogP contribution in [0.2, 0.25) is 0 Å². The molecule has 0 aliphatic heterocycles. The van der Waals surface area contributed by atoms with Crippen LogP contribution < -0.4 is 5.32 Å². The molecule has 2 heterocycles. The van der Waals surface area contributed by atoms with E-state index in [0.29, 0.717) is 5.57 Å². The number of thiazole rings is 1. The number of anilines is 1. The van der Waals surface area contributed by atoms with E-state index in [1.54, 1.807) is 6.20 Å². The second-order valence-electron chi connectivity index (χ2n) is 4.94. The SMILES string of the molecule is Cc1csc(/C(C#N)=C/Nc2cc(C)nc3ccccc23)n1. The van der Waals surface area contributed by atoms with Crippen LogP contribution in [0.5, 0.6) is 0 Å². The minimum absolute atomic E-state index is 0.525. The van der Waals surface area contributed by atoms with E-state index >= 15 is 0 Å². The van der Waals surface area contributed by atoms with Crippen LogP contribution in [0.15, 0.2) is 41.9 Å². The van der Waals surface area contributed by atoms with Gasteiger partial charge in [-0.15, -0.1) is 11.3 Å². The molecular weight excluding hydrogens is 292 g/mol. The highest BCUT2D eigenvalue weighted by Gasteiger charge is 2.07. The Hall–Kier alpha value is -2.71. The summed E-state index contributed by atoms with van der Waals surface area (Å²) in [5.74, 6) is 0. The highest BCUT2D eigenvalue weighted by molar-refractivity contribution is 7.10. The average Bonchev–Trinajstić information content (AvgIpc) is 2.94. The number of hydrogen-bond acceptors (Lipinski definition) is 5. The first-order valence-electron chi connectivity index (χ1n) is 6.83. The van der Waals surface area contributed by atoms with Crippen molar-refractivity contribution >= 4 is 33.5 Å². The van der Waals surface area contributed by atoms with Crippen LogP contribution in [0.1, 0.15) is 16.4 Å². The Morgan fingerprint density at radius 1 is 1.23 bits per heavy atom. The van der Waals surface area contributed by atoms with Gasteiger partial charge in [-0.1, -0.05) is 18.2 Å². The Labute approximate surface area is 132 Å². The highest BCUT2D eigenvalue weighted by atomic mass is 32.1. The zero-order chi connectivity index (χ0) is 15.5. The lowest BCUT2D eigenvalue weighted by atomic mass is 10.1. The van der Waals surface area contributed by atoms with Gasteiger partial charge < -0.3 is 5.32 Å². The van der Waals surface area contributed by atoms with Crippen molar-refractivity contribution in [3.05, 3.63) is 58.3 Å². The summed E-state index contributed by atoms with van der Waals surface area (Å²) >= 11 is 1.47. The molecule has 5 heteroatoms. The molecule has 0 radical (unpaired) electrons. The highest BCUT2D eigenvalue weighted by Crippen LogP contribution is 2.24. The molecule has 22 heavy (non-hydrogen) atoms. The summed E-state index contributed by atoms with van der Waals surface area (Å²) < 4.78 is 0. The third-order valence-corrected chi connectivity index (χ3v) is 4.18. The third kappa shape index (κ3) is 2.83. The molecule has 0 atom stereocenters. The van der Waals surface area contributed by atoms with Gasteiger partial charge in [0.05, 0.1) is 5.52 Å². The molecule has 0 aliphatic rings. The number of allylic oxidation sites excluding steroid dienone is 1. The summed E-state index contributed by atoms with van der Waals surface area (Å²) in [4.78, 5) is 8.86. The molecular formula is C17H14N4S. The molecule has 0 saturated carbocycles. The first-order chi connectivity index (χ1) is 10.7. The Balaban J connectivity index is 1.99. The van der Waals surface area contributed by atoms with Crippen LogP contribution >= 0.6 is 11.3 Å². The fourth-order valence-electron chi connectivity index (χ4n) is 2.20. The Bertz CT molecular complexity index is 902. The van der Waals surface area contributed by atoms with Crippen molar-refractivity contribution in [1.29, 1.82) is 5.26 Å². The second kappa shape index (κ2) is 5.96. The summed E-state index contributed by atoms with van der Waals surface area (Å²) in [6.45, 7) is 3.87. The maximum absolute atomic E-state index is 9.33. The van der Waals surface area contributed by atoms with Crippen LogP contribution in [0.4, 0.5) is 5.69 Å². The van der Waals surface area contributed by atoms with Crippen LogP contribution in [-0.4, -0.2) is 9.97 Å². The molecule has 4 nitrogen and oxygen atoms in total. The van der Waals surface area contributed by atoms with E-state index in [9.17, 15) is 5.26 Å². The van der Waals surface area contributed by atoms with Crippen molar-refractivity contribution in [2.24, 2.45) is 0 Å². The molecule has 1 aromatic carbocycles. The van der Waals surface area contributed by atoms with E-state index in [-0.39, 0.29) is 0 Å². The lowest BCUT2D eigenvalue weighted by Crippen LogP contribution is -1.95. The summed E-state index contributed by atoms with van der Waals surface area (Å²) in [5.41, 5.74) is 4.24. The summed E-state index contributed by atoms with van der Waals surface area (Å²) in [6, 6.07) is 12.1. The molecule has 0 saturated heterocycles. The Morgan fingerprint density at radius 2 is 2.05 bits per heavy atom. The molecule has 3 aromatic rings. The minimum Gasteiger partial charge on any atom is -0.360 e. The van der Waals surface area contributed by atoms with Crippen molar-refractivity contribution in [1.82, 2.24) is 9.97 Å². The first kappa shape index (κ1) is 14.2. The predicted molar refractivity (Wildman–Crippen MR) is 90.5 cm³/mol. The van der Waals surface area contributed by atoms with Crippen LogP contribution in [0.25, 0.3) is 16.5 Å². The smallest absolute Gasteiger partial charge is 0.135 e. The van der Waals surface area contributed by atoms with E-state index in [1.807, 2.05) is 49.6 Å². The van der Waals surface area contributed by atoms with E-state index in [0.717, 1.165) is 33.0 Å². The maximum atomic E-state index is 9.33. The monoisotopic (exact) mass is 306 g/mol. The number of hydrogen-bond donors (Lipinski definition) is 1. The number of pyridine rings is 1. The van der Waals surface area contributed by atoms with Gasteiger partial charge in [-0.05, 0) is 26.0 Å². The number of nitrogens with one attached hydrogen (secondary N) is 1. The number of aromatic nitrogens is 2. The minimum atomic E-state index is 0.525. The van der Waals surface area contributed by atoms with E-state index in [2.05, 4.69) is 21.4 Å². The summed E-state index contributed by atoms with van der Waals surface area (Å²) in [6.07, 6.45) is 1.71. The molecule has 3 rings (SSSR count). The molecule has 0 fully saturated rings. The van der Waals surface area contributed by atoms with Gasteiger partial charge in [0.15, 0.2) is 0 Å². The van der Waals surface area contributed by atoms with E-state index in [4.69, 9.17) is 0 Å². The van der Waals surface area contributed by atoms with Gasteiger partial charge >= 0.3 is 0 Å².